The van der Waals surface area contributed by atoms with E-state index in [2.05, 4.69) is 21.3 Å². The molecule has 0 saturated carbocycles. The highest BCUT2D eigenvalue weighted by Gasteiger charge is 2.43. The van der Waals surface area contributed by atoms with Crippen molar-refractivity contribution in [1.82, 2.24) is 15.2 Å². The van der Waals surface area contributed by atoms with Gasteiger partial charge in [0, 0.05) is 37.2 Å². The number of fused-ring (bicyclic) bond motifs is 1. The molecule has 27 heavy (non-hydrogen) atoms. The van der Waals surface area contributed by atoms with Crippen LogP contribution in [0.4, 0.5) is 4.39 Å². The number of aromatic nitrogens is 1. The minimum Gasteiger partial charge on any atom is -0.351 e. The fourth-order valence-electron chi connectivity index (χ4n) is 4.58. The number of hydrogen-bond donors (Lipinski definition) is 1. The van der Waals surface area contributed by atoms with Crippen LogP contribution in [0.2, 0.25) is 0 Å². The third-order valence-electron chi connectivity index (χ3n) is 5.82. The third-order valence-corrected chi connectivity index (χ3v) is 5.82. The number of nitrogens with zero attached hydrogens (tertiary/aromatic N) is 2. The molecule has 4 rings (SSSR count). The maximum atomic E-state index is 13.8. The van der Waals surface area contributed by atoms with Crippen molar-refractivity contribution in [1.29, 1.82) is 0 Å². The van der Waals surface area contributed by atoms with Crippen molar-refractivity contribution in [3.63, 3.8) is 0 Å². The van der Waals surface area contributed by atoms with Gasteiger partial charge in [-0.05, 0) is 49.6 Å². The Morgan fingerprint density at radius 2 is 2.07 bits per heavy atom. The van der Waals surface area contributed by atoms with E-state index in [-0.39, 0.29) is 29.7 Å². The highest BCUT2D eigenvalue weighted by molar-refractivity contribution is 5.76. The molecule has 4 nitrogen and oxygen atoms in total. The number of nitrogens with one attached hydrogen (secondary N) is 1. The van der Waals surface area contributed by atoms with Gasteiger partial charge in [-0.3, -0.25) is 14.7 Å². The van der Waals surface area contributed by atoms with E-state index in [9.17, 15) is 9.18 Å². The summed E-state index contributed by atoms with van der Waals surface area (Å²) in [5, 5.41) is 3.25. The van der Waals surface area contributed by atoms with Crippen molar-refractivity contribution in [2.75, 3.05) is 6.54 Å². The summed E-state index contributed by atoms with van der Waals surface area (Å²) in [6.45, 7) is 3.56. The van der Waals surface area contributed by atoms with Gasteiger partial charge in [0.25, 0.3) is 0 Å². The van der Waals surface area contributed by atoms with E-state index in [0.29, 0.717) is 6.42 Å². The molecule has 0 unspecified atom stereocenters. The second-order valence-corrected chi connectivity index (χ2v) is 7.77. The van der Waals surface area contributed by atoms with E-state index in [0.717, 1.165) is 49.3 Å². The molecule has 3 atom stereocenters. The molecule has 0 bridgehead atoms. The zero-order valence-corrected chi connectivity index (χ0v) is 15.7. The molecule has 0 spiro atoms. The standard InChI is InChI=1S/C22H26FN3O/c1-15-6-4-9-18(24-15)13-26-14-19(16-7-5-8-17(23)12-16)22-20(26)10-2-3-11-21(27)25-22/h4-9,12,19-20,22H,2-3,10-11,13-14H2,1H3,(H,25,27)/t19-,20+,22-/m0/s1. The van der Waals surface area contributed by atoms with Gasteiger partial charge in [0.2, 0.25) is 5.91 Å². The Labute approximate surface area is 159 Å². The largest absolute Gasteiger partial charge is 0.351 e. The molecular weight excluding hydrogens is 341 g/mol. The summed E-state index contributed by atoms with van der Waals surface area (Å²) < 4.78 is 13.8. The van der Waals surface area contributed by atoms with E-state index in [1.54, 1.807) is 12.1 Å². The third kappa shape index (κ3) is 4.03. The number of carbonyl (C=O) groups excluding carboxylic acids is 1. The normalized spacial score (nSPS) is 26.1. The molecule has 3 heterocycles. The van der Waals surface area contributed by atoms with Crippen LogP contribution < -0.4 is 5.32 Å². The molecule has 1 aromatic carbocycles. The second kappa shape index (κ2) is 7.77. The van der Waals surface area contributed by atoms with Gasteiger partial charge in [-0.15, -0.1) is 0 Å². The number of halogens is 1. The van der Waals surface area contributed by atoms with Crippen LogP contribution in [0.5, 0.6) is 0 Å². The lowest BCUT2D eigenvalue weighted by molar-refractivity contribution is -0.122. The number of amides is 1. The fraction of sp³-hybridized carbons (Fsp3) is 0.455. The van der Waals surface area contributed by atoms with Crippen molar-refractivity contribution >= 4 is 5.91 Å². The molecule has 1 aromatic heterocycles. The first-order chi connectivity index (χ1) is 13.1. The number of rotatable bonds is 3. The number of benzene rings is 1. The van der Waals surface area contributed by atoms with Crippen LogP contribution in [-0.4, -0.2) is 34.4 Å². The van der Waals surface area contributed by atoms with Crippen molar-refractivity contribution in [2.45, 2.75) is 57.2 Å². The Hall–Kier alpha value is -2.27. The van der Waals surface area contributed by atoms with E-state index in [4.69, 9.17) is 0 Å². The van der Waals surface area contributed by atoms with Gasteiger partial charge in [0.05, 0.1) is 11.7 Å². The van der Waals surface area contributed by atoms with Gasteiger partial charge in [-0.1, -0.05) is 24.6 Å². The second-order valence-electron chi connectivity index (χ2n) is 7.77. The molecule has 2 aliphatic heterocycles. The number of aryl methyl sites for hydroxylation is 1. The summed E-state index contributed by atoms with van der Waals surface area (Å²) in [4.78, 5) is 19.4. The van der Waals surface area contributed by atoms with E-state index >= 15 is 0 Å². The zero-order chi connectivity index (χ0) is 18.8. The Kier molecular flexibility index (Phi) is 5.21. The molecule has 1 amide bonds. The lowest BCUT2D eigenvalue weighted by Crippen LogP contribution is -2.47. The average molecular weight is 367 g/mol. The summed E-state index contributed by atoms with van der Waals surface area (Å²) >= 11 is 0. The maximum absolute atomic E-state index is 13.8. The van der Waals surface area contributed by atoms with Gasteiger partial charge in [0.15, 0.2) is 0 Å². The summed E-state index contributed by atoms with van der Waals surface area (Å²) in [7, 11) is 0. The first-order valence-corrected chi connectivity index (χ1v) is 9.81. The van der Waals surface area contributed by atoms with Crippen LogP contribution in [0.15, 0.2) is 42.5 Å². The number of likely N-dealkylation sites (tertiary alicyclic amines) is 1. The maximum Gasteiger partial charge on any atom is 0.220 e. The predicted molar refractivity (Wildman–Crippen MR) is 103 cm³/mol. The Balaban J connectivity index is 1.64. The molecule has 1 N–H and O–H groups in total. The molecule has 2 aliphatic rings. The molecule has 2 saturated heterocycles. The first kappa shape index (κ1) is 18.1. The van der Waals surface area contributed by atoms with Crippen LogP contribution in [-0.2, 0) is 11.3 Å². The van der Waals surface area contributed by atoms with Gasteiger partial charge in [-0.2, -0.15) is 0 Å². The first-order valence-electron chi connectivity index (χ1n) is 9.81. The minimum absolute atomic E-state index is 0.0180. The van der Waals surface area contributed by atoms with Crippen molar-refractivity contribution in [3.05, 3.63) is 65.2 Å². The van der Waals surface area contributed by atoms with Crippen molar-refractivity contribution < 1.29 is 9.18 Å². The SMILES string of the molecule is Cc1cccc(CN2C[C@@H](c3cccc(F)c3)[C@@H]3NC(=O)CCCC[C@H]32)n1. The smallest absolute Gasteiger partial charge is 0.220 e. The minimum atomic E-state index is -0.222. The van der Waals surface area contributed by atoms with Crippen molar-refractivity contribution in [2.24, 2.45) is 0 Å². The molecular formula is C22H26FN3O. The van der Waals surface area contributed by atoms with Gasteiger partial charge < -0.3 is 5.32 Å². The summed E-state index contributed by atoms with van der Waals surface area (Å²) in [5.74, 6) is -0.0146. The number of pyridine rings is 1. The van der Waals surface area contributed by atoms with Crippen LogP contribution in [0.3, 0.4) is 0 Å². The molecule has 2 aromatic rings. The van der Waals surface area contributed by atoms with E-state index < -0.39 is 0 Å². The van der Waals surface area contributed by atoms with E-state index in [1.165, 1.54) is 6.07 Å². The highest BCUT2D eigenvalue weighted by atomic mass is 19.1. The van der Waals surface area contributed by atoms with Gasteiger partial charge in [-0.25, -0.2) is 4.39 Å². The Morgan fingerprint density at radius 1 is 1.22 bits per heavy atom. The van der Waals surface area contributed by atoms with E-state index in [1.807, 2.05) is 25.1 Å². The predicted octanol–water partition coefficient (Wildman–Crippen LogP) is 3.56. The van der Waals surface area contributed by atoms with Crippen LogP contribution >= 0.6 is 0 Å². The average Bonchev–Trinajstić information content (AvgIpc) is 2.93. The lowest BCUT2D eigenvalue weighted by atomic mass is 9.88. The molecule has 5 heteroatoms. The van der Waals surface area contributed by atoms with Crippen molar-refractivity contribution in [3.8, 4) is 0 Å². The zero-order valence-electron chi connectivity index (χ0n) is 15.7. The van der Waals surface area contributed by atoms with Crippen LogP contribution in [0, 0.1) is 12.7 Å². The molecule has 142 valence electrons. The lowest BCUT2D eigenvalue weighted by Gasteiger charge is -2.31. The summed E-state index contributed by atoms with van der Waals surface area (Å²) in [6, 6.07) is 13.2. The Morgan fingerprint density at radius 3 is 2.89 bits per heavy atom. The quantitative estimate of drug-likeness (QED) is 0.902. The van der Waals surface area contributed by atoms with Crippen LogP contribution in [0.25, 0.3) is 0 Å². The van der Waals surface area contributed by atoms with Crippen LogP contribution in [0.1, 0.15) is 48.6 Å². The van der Waals surface area contributed by atoms with Gasteiger partial charge >= 0.3 is 0 Å². The molecule has 0 aliphatic carbocycles. The molecule has 0 radical (unpaired) electrons. The highest BCUT2D eigenvalue weighted by Crippen LogP contribution is 2.36. The molecule has 2 fully saturated rings. The fourth-order valence-corrected chi connectivity index (χ4v) is 4.58. The topological polar surface area (TPSA) is 45.2 Å². The number of carbonyl (C=O) groups is 1. The Bertz CT molecular complexity index is 825. The monoisotopic (exact) mass is 367 g/mol. The summed E-state index contributed by atoms with van der Waals surface area (Å²) in [6.07, 6.45) is 3.60. The van der Waals surface area contributed by atoms with Gasteiger partial charge in [0.1, 0.15) is 5.82 Å². The number of hydrogen-bond acceptors (Lipinski definition) is 3. The summed E-state index contributed by atoms with van der Waals surface area (Å²) in [5.41, 5.74) is 3.02.